The van der Waals surface area contributed by atoms with Crippen molar-refractivity contribution in [1.82, 2.24) is 10.6 Å². The lowest BCUT2D eigenvalue weighted by Gasteiger charge is -2.19. The lowest BCUT2D eigenvalue weighted by atomic mass is 9.87. The number of nitrogens with zero attached hydrogens (tertiary/aromatic N) is 1. The molecule has 0 aromatic heterocycles. The molecular formula is C16H18ClN3O2. The van der Waals surface area contributed by atoms with Gasteiger partial charge in [0.15, 0.2) is 0 Å². The van der Waals surface area contributed by atoms with Gasteiger partial charge in [-0.05, 0) is 37.1 Å². The predicted octanol–water partition coefficient (Wildman–Crippen LogP) is 2.27. The van der Waals surface area contributed by atoms with Crippen molar-refractivity contribution < 1.29 is 9.59 Å². The Morgan fingerprint density at radius 3 is 2.32 bits per heavy atom. The maximum Gasteiger partial charge on any atom is 0.251 e. The van der Waals surface area contributed by atoms with Crippen LogP contribution in [0.4, 0.5) is 0 Å². The largest absolute Gasteiger partial charge is 0.353 e. The van der Waals surface area contributed by atoms with E-state index in [9.17, 15) is 14.9 Å². The van der Waals surface area contributed by atoms with Crippen molar-refractivity contribution in [3.63, 3.8) is 0 Å². The summed E-state index contributed by atoms with van der Waals surface area (Å²) in [5.41, 5.74) is -0.361. The summed E-state index contributed by atoms with van der Waals surface area (Å²) in [7, 11) is 0. The van der Waals surface area contributed by atoms with Crippen LogP contribution in [0.1, 0.15) is 36.0 Å². The normalized spacial score (nSPS) is 15.8. The fourth-order valence-electron chi connectivity index (χ4n) is 2.59. The summed E-state index contributed by atoms with van der Waals surface area (Å²) in [6, 6.07) is 8.72. The molecule has 0 heterocycles. The maximum absolute atomic E-state index is 12.1. The quantitative estimate of drug-likeness (QED) is 0.817. The highest BCUT2D eigenvalue weighted by molar-refractivity contribution is 6.30. The number of carbonyl (C=O) groups is 2. The van der Waals surface area contributed by atoms with Crippen LogP contribution in [0, 0.1) is 16.7 Å². The van der Waals surface area contributed by atoms with Crippen LogP contribution in [0.3, 0.4) is 0 Å². The first kappa shape index (κ1) is 16.3. The monoisotopic (exact) mass is 319 g/mol. The first-order chi connectivity index (χ1) is 10.6. The van der Waals surface area contributed by atoms with Gasteiger partial charge in [0.2, 0.25) is 5.91 Å². The summed E-state index contributed by atoms with van der Waals surface area (Å²) in [5, 5.41) is 15.2. The number of benzene rings is 1. The van der Waals surface area contributed by atoms with E-state index in [0.717, 1.165) is 12.8 Å². The Balaban J connectivity index is 1.75. The molecule has 5 nitrogen and oxygen atoms in total. The van der Waals surface area contributed by atoms with E-state index in [-0.39, 0.29) is 11.8 Å². The zero-order chi connectivity index (χ0) is 16.0. The van der Waals surface area contributed by atoms with Gasteiger partial charge in [-0.2, -0.15) is 5.26 Å². The average Bonchev–Trinajstić information content (AvgIpc) is 3.02. The maximum atomic E-state index is 12.1. The van der Waals surface area contributed by atoms with Crippen LogP contribution in [0.2, 0.25) is 5.02 Å². The van der Waals surface area contributed by atoms with E-state index in [0.29, 0.717) is 36.5 Å². The van der Waals surface area contributed by atoms with Crippen molar-refractivity contribution >= 4 is 23.4 Å². The van der Waals surface area contributed by atoms with E-state index < -0.39 is 5.41 Å². The molecule has 1 saturated carbocycles. The van der Waals surface area contributed by atoms with Crippen LogP contribution >= 0.6 is 11.6 Å². The topological polar surface area (TPSA) is 82.0 Å². The zero-order valence-electron chi connectivity index (χ0n) is 12.2. The molecule has 2 N–H and O–H groups in total. The van der Waals surface area contributed by atoms with Crippen LogP contribution in [0.15, 0.2) is 24.3 Å². The Kier molecular flexibility index (Phi) is 5.40. The molecule has 0 aliphatic heterocycles. The minimum atomic E-state index is -0.875. The molecule has 2 amide bonds. The number of hydrogen-bond acceptors (Lipinski definition) is 3. The van der Waals surface area contributed by atoms with Gasteiger partial charge >= 0.3 is 0 Å². The molecule has 1 aromatic carbocycles. The van der Waals surface area contributed by atoms with E-state index in [2.05, 4.69) is 16.7 Å². The van der Waals surface area contributed by atoms with Crippen molar-refractivity contribution in [3.8, 4) is 6.07 Å². The molecular weight excluding hydrogens is 302 g/mol. The van der Waals surface area contributed by atoms with Crippen LogP contribution < -0.4 is 10.6 Å². The van der Waals surface area contributed by atoms with E-state index in [1.165, 1.54) is 0 Å². The third-order valence-corrected chi connectivity index (χ3v) is 4.16. The van der Waals surface area contributed by atoms with Gasteiger partial charge in [0.1, 0.15) is 5.41 Å². The van der Waals surface area contributed by atoms with Gasteiger partial charge in [0, 0.05) is 23.7 Å². The fourth-order valence-corrected chi connectivity index (χ4v) is 2.72. The van der Waals surface area contributed by atoms with Gasteiger partial charge < -0.3 is 10.6 Å². The molecule has 2 rings (SSSR count). The highest BCUT2D eigenvalue weighted by Gasteiger charge is 2.41. The minimum absolute atomic E-state index is 0.221. The van der Waals surface area contributed by atoms with Crippen LogP contribution in [0.5, 0.6) is 0 Å². The molecule has 1 fully saturated rings. The van der Waals surface area contributed by atoms with E-state index >= 15 is 0 Å². The van der Waals surface area contributed by atoms with Crippen molar-refractivity contribution in [1.29, 1.82) is 5.26 Å². The molecule has 0 spiro atoms. The Hall–Kier alpha value is -2.06. The molecule has 116 valence electrons. The number of nitriles is 1. The second-order valence-corrected chi connectivity index (χ2v) is 5.86. The molecule has 0 unspecified atom stereocenters. The Morgan fingerprint density at radius 1 is 1.14 bits per heavy atom. The van der Waals surface area contributed by atoms with Gasteiger partial charge in [-0.3, -0.25) is 9.59 Å². The first-order valence-electron chi connectivity index (χ1n) is 7.31. The van der Waals surface area contributed by atoms with Crippen molar-refractivity contribution in [2.24, 2.45) is 5.41 Å². The van der Waals surface area contributed by atoms with Gasteiger partial charge in [-0.25, -0.2) is 0 Å². The van der Waals surface area contributed by atoms with Gasteiger partial charge in [0.25, 0.3) is 5.91 Å². The highest BCUT2D eigenvalue weighted by Crippen LogP contribution is 2.37. The lowest BCUT2D eigenvalue weighted by Crippen LogP contribution is -2.42. The SMILES string of the molecule is N#CC1(C(=O)NCCNC(=O)c2ccc(Cl)cc2)CCCC1. The highest BCUT2D eigenvalue weighted by atomic mass is 35.5. The second-order valence-electron chi connectivity index (χ2n) is 5.42. The third kappa shape index (κ3) is 3.77. The summed E-state index contributed by atoms with van der Waals surface area (Å²) in [4.78, 5) is 23.9. The average molecular weight is 320 g/mol. The summed E-state index contributed by atoms with van der Waals surface area (Å²) < 4.78 is 0. The lowest BCUT2D eigenvalue weighted by molar-refractivity contribution is -0.127. The standard InChI is InChI=1S/C16H18ClN3O2/c17-13-5-3-12(4-6-13)14(21)19-9-10-20-15(22)16(11-18)7-1-2-8-16/h3-6H,1-2,7-10H2,(H,19,21)(H,20,22). The summed E-state index contributed by atoms with van der Waals surface area (Å²) in [5.74, 6) is -0.449. The molecule has 1 aromatic rings. The third-order valence-electron chi connectivity index (χ3n) is 3.91. The van der Waals surface area contributed by atoms with E-state index in [1.54, 1.807) is 24.3 Å². The van der Waals surface area contributed by atoms with Crippen LogP contribution in [-0.4, -0.2) is 24.9 Å². The Labute approximate surface area is 134 Å². The predicted molar refractivity (Wildman–Crippen MR) is 83.3 cm³/mol. The Morgan fingerprint density at radius 2 is 1.73 bits per heavy atom. The van der Waals surface area contributed by atoms with Gasteiger partial charge in [-0.1, -0.05) is 24.4 Å². The second kappa shape index (κ2) is 7.28. The number of carbonyl (C=O) groups excluding carboxylic acids is 2. The molecule has 0 bridgehead atoms. The van der Waals surface area contributed by atoms with E-state index in [4.69, 9.17) is 11.6 Å². The summed E-state index contributed by atoms with van der Waals surface area (Å²) in [6.07, 6.45) is 3.06. The molecule has 1 aliphatic rings. The van der Waals surface area contributed by atoms with Gasteiger partial charge in [0.05, 0.1) is 6.07 Å². The van der Waals surface area contributed by atoms with Crippen LogP contribution in [-0.2, 0) is 4.79 Å². The summed E-state index contributed by atoms with van der Waals surface area (Å²) >= 11 is 5.76. The first-order valence-corrected chi connectivity index (χ1v) is 7.68. The van der Waals surface area contributed by atoms with E-state index in [1.807, 2.05) is 0 Å². The molecule has 1 aliphatic carbocycles. The Bertz CT molecular complexity index is 586. The molecule has 0 radical (unpaired) electrons. The number of rotatable bonds is 5. The molecule has 0 saturated heterocycles. The zero-order valence-corrected chi connectivity index (χ0v) is 12.9. The number of hydrogen-bond donors (Lipinski definition) is 2. The fraction of sp³-hybridized carbons (Fsp3) is 0.438. The number of halogens is 1. The number of nitrogens with one attached hydrogen (secondary N) is 2. The smallest absolute Gasteiger partial charge is 0.251 e. The minimum Gasteiger partial charge on any atom is -0.353 e. The van der Waals surface area contributed by atoms with Crippen molar-refractivity contribution in [2.75, 3.05) is 13.1 Å². The van der Waals surface area contributed by atoms with Crippen LogP contribution in [0.25, 0.3) is 0 Å². The summed E-state index contributed by atoms with van der Waals surface area (Å²) in [6.45, 7) is 0.621. The van der Waals surface area contributed by atoms with Gasteiger partial charge in [-0.15, -0.1) is 0 Å². The van der Waals surface area contributed by atoms with Crippen molar-refractivity contribution in [2.45, 2.75) is 25.7 Å². The number of amides is 2. The molecule has 0 atom stereocenters. The molecule has 6 heteroatoms. The molecule has 22 heavy (non-hydrogen) atoms. The van der Waals surface area contributed by atoms with Crippen molar-refractivity contribution in [3.05, 3.63) is 34.9 Å².